The molecule has 0 spiro atoms. The summed E-state index contributed by atoms with van der Waals surface area (Å²) in [7, 11) is 0. The molecule has 0 fully saturated rings. The van der Waals surface area contributed by atoms with E-state index < -0.39 is 0 Å². The molecule has 17 heavy (non-hydrogen) atoms. The van der Waals surface area contributed by atoms with Crippen LogP contribution in [0.5, 0.6) is 0 Å². The number of nitrogens with zero attached hydrogens (tertiary/aromatic N) is 1. The van der Waals surface area contributed by atoms with Gasteiger partial charge in [0, 0.05) is 26.2 Å². The second kappa shape index (κ2) is 8.26. The smallest absolute Gasteiger partial charge is 0.0206 e. The lowest BCUT2D eigenvalue weighted by Crippen LogP contribution is -2.34. The Hall–Kier alpha value is -0.860. The van der Waals surface area contributed by atoms with E-state index in [0.717, 1.165) is 32.1 Å². The van der Waals surface area contributed by atoms with Crippen molar-refractivity contribution in [2.24, 2.45) is 5.92 Å². The summed E-state index contributed by atoms with van der Waals surface area (Å²) < 4.78 is 0. The molecule has 2 heteroatoms. The fourth-order valence-corrected chi connectivity index (χ4v) is 1.96. The van der Waals surface area contributed by atoms with Gasteiger partial charge in [-0.05, 0) is 18.0 Å². The number of benzene rings is 1. The highest BCUT2D eigenvalue weighted by Gasteiger charge is 2.03. The standard InChI is InChI=1S/C15H26N2/c1-4-17(13-14(2)3)11-10-16-12-15-8-6-5-7-9-15/h5-9,14,16H,4,10-13H2,1-3H3. The van der Waals surface area contributed by atoms with Crippen LogP contribution in [0.4, 0.5) is 0 Å². The first-order valence-electron chi connectivity index (χ1n) is 6.69. The first kappa shape index (κ1) is 14.2. The summed E-state index contributed by atoms with van der Waals surface area (Å²) in [6.45, 7) is 12.3. The van der Waals surface area contributed by atoms with Crippen molar-refractivity contribution in [1.82, 2.24) is 10.2 Å². The van der Waals surface area contributed by atoms with Gasteiger partial charge in [-0.2, -0.15) is 0 Å². The Kier molecular flexibility index (Phi) is 6.90. The van der Waals surface area contributed by atoms with Gasteiger partial charge in [-0.1, -0.05) is 51.1 Å². The summed E-state index contributed by atoms with van der Waals surface area (Å²) in [6.07, 6.45) is 0. The number of rotatable bonds is 8. The van der Waals surface area contributed by atoms with Crippen LogP contribution in [0, 0.1) is 5.92 Å². The van der Waals surface area contributed by atoms with Crippen molar-refractivity contribution in [3.8, 4) is 0 Å². The number of likely N-dealkylation sites (N-methyl/N-ethyl adjacent to an activating group) is 1. The maximum absolute atomic E-state index is 3.50. The molecule has 0 atom stereocenters. The van der Waals surface area contributed by atoms with Crippen molar-refractivity contribution >= 4 is 0 Å². The van der Waals surface area contributed by atoms with Gasteiger partial charge in [0.2, 0.25) is 0 Å². The van der Waals surface area contributed by atoms with E-state index in [0.29, 0.717) is 0 Å². The predicted octanol–water partition coefficient (Wildman–Crippen LogP) is 2.75. The van der Waals surface area contributed by atoms with Gasteiger partial charge >= 0.3 is 0 Å². The zero-order chi connectivity index (χ0) is 12.5. The predicted molar refractivity (Wildman–Crippen MR) is 75.1 cm³/mol. The summed E-state index contributed by atoms with van der Waals surface area (Å²) in [4.78, 5) is 2.50. The highest BCUT2D eigenvalue weighted by atomic mass is 15.1. The molecule has 0 bridgehead atoms. The Bertz CT molecular complexity index is 282. The van der Waals surface area contributed by atoms with Gasteiger partial charge in [0.15, 0.2) is 0 Å². The molecule has 2 nitrogen and oxygen atoms in total. The fraction of sp³-hybridized carbons (Fsp3) is 0.600. The molecular weight excluding hydrogens is 208 g/mol. The molecule has 0 saturated heterocycles. The second-order valence-corrected chi connectivity index (χ2v) is 4.95. The van der Waals surface area contributed by atoms with Crippen LogP contribution < -0.4 is 5.32 Å². The average Bonchev–Trinajstić information content (AvgIpc) is 2.34. The fourth-order valence-electron chi connectivity index (χ4n) is 1.96. The molecule has 0 radical (unpaired) electrons. The van der Waals surface area contributed by atoms with Gasteiger partial charge in [-0.3, -0.25) is 0 Å². The third kappa shape index (κ3) is 6.44. The van der Waals surface area contributed by atoms with E-state index >= 15 is 0 Å². The van der Waals surface area contributed by atoms with E-state index in [-0.39, 0.29) is 0 Å². The van der Waals surface area contributed by atoms with Crippen molar-refractivity contribution in [3.05, 3.63) is 35.9 Å². The summed E-state index contributed by atoms with van der Waals surface area (Å²) in [6, 6.07) is 10.6. The SMILES string of the molecule is CCN(CCNCc1ccccc1)CC(C)C. The highest BCUT2D eigenvalue weighted by molar-refractivity contribution is 5.14. The van der Waals surface area contributed by atoms with Gasteiger partial charge < -0.3 is 10.2 Å². The van der Waals surface area contributed by atoms with Gasteiger partial charge in [0.05, 0.1) is 0 Å². The molecule has 1 aromatic carbocycles. The van der Waals surface area contributed by atoms with E-state index in [1.807, 2.05) is 0 Å². The van der Waals surface area contributed by atoms with Crippen LogP contribution in [0.3, 0.4) is 0 Å². The van der Waals surface area contributed by atoms with Crippen LogP contribution in [0.2, 0.25) is 0 Å². The van der Waals surface area contributed by atoms with E-state index in [2.05, 4.69) is 61.3 Å². The van der Waals surface area contributed by atoms with Crippen molar-refractivity contribution < 1.29 is 0 Å². The van der Waals surface area contributed by atoms with Crippen LogP contribution in [0.25, 0.3) is 0 Å². The molecule has 0 heterocycles. The highest BCUT2D eigenvalue weighted by Crippen LogP contribution is 1.99. The molecule has 0 aliphatic heterocycles. The minimum absolute atomic E-state index is 0.754. The summed E-state index contributed by atoms with van der Waals surface area (Å²) in [5.41, 5.74) is 1.36. The van der Waals surface area contributed by atoms with Gasteiger partial charge in [0.25, 0.3) is 0 Å². The van der Waals surface area contributed by atoms with E-state index in [4.69, 9.17) is 0 Å². The van der Waals surface area contributed by atoms with Gasteiger partial charge in [-0.25, -0.2) is 0 Å². The molecule has 0 saturated carbocycles. The van der Waals surface area contributed by atoms with Crippen molar-refractivity contribution in [2.45, 2.75) is 27.3 Å². The maximum Gasteiger partial charge on any atom is 0.0206 e. The first-order valence-corrected chi connectivity index (χ1v) is 6.69. The molecule has 0 amide bonds. The normalized spacial score (nSPS) is 11.4. The Labute approximate surface area is 106 Å². The van der Waals surface area contributed by atoms with Crippen molar-refractivity contribution in [3.63, 3.8) is 0 Å². The van der Waals surface area contributed by atoms with E-state index in [1.165, 1.54) is 12.1 Å². The molecule has 0 unspecified atom stereocenters. The van der Waals surface area contributed by atoms with Crippen LogP contribution >= 0.6 is 0 Å². The van der Waals surface area contributed by atoms with Crippen molar-refractivity contribution in [2.75, 3.05) is 26.2 Å². The summed E-state index contributed by atoms with van der Waals surface area (Å²) in [5.74, 6) is 0.754. The average molecular weight is 234 g/mol. The molecule has 0 aliphatic rings. The first-order chi connectivity index (χ1) is 8.22. The van der Waals surface area contributed by atoms with E-state index in [9.17, 15) is 0 Å². The number of hydrogen-bond donors (Lipinski definition) is 1. The van der Waals surface area contributed by atoms with Crippen LogP contribution in [0.15, 0.2) is 30.3 Å². The summed E-state index contributed by atoms with van der Waals surface area (Å²) >= 11 is 0. The molecule has 96 valence electrons. The molecular formula is C15H26N2. The van der Waals surface area contributed by atoms with Gasteiger partial charge in [-0.15, -0.1) is 0 Å². The number of nitrogens with one attached hydrogen (secondary N) is 1. The zero-order valence-electron chi connectivity index (χ0n) is 11.4. The molecule has 1 N–H and O–H groups in total. The Morgan fingerprint density at radius 2 is 1.88 bits per heavy atom. The maximum atomic E-state index is 3.50. The lowest BCUT2D eigenvalue weighted by molar-refractivity contribution is 0.256. The minimum Gasteiger partial charge on any atom is -0.311 e. The van der Waals surface area contributed by atoms with Crippen LogP contribution in [-0.4, -0.2) is 31.1 Å². The Morgan fingerprint density at radius 1 is 1.18 bits per heavy atom. The van der Waals surface area contributed by atoms with Crippen molar-refractivity contribution in [1.29, 1.82) is 0 Å². The molecule has 1 aromatic rings. The molecule has 1 rings (SSSR count). The third-order valence-corrected chi connectivity index (χ3v) is 2.85. The molecule has 0 aliphatic carbocycles. The largest absolute Gasteiger partial charge is 0.311 e. The Morgan fingerprint density at radius 3 is 2.47 bits per heavy atom. The van der Waals surface area contributed by atoms with Gasteiger partial charge in [0.1, 0.15) is 0 Å². The lowest BCUT2D eigenvalue weighted by Gasteiger charge is -2.22. The molecule has 0 aromatic heterocycles. The van der Waals surface area contributed by atoms with Crippen LogP contribution in [0.1, 0.15) is 26.3 Å². The zero-order valence-corrected chi connectivity index (χ0v) is 11.4. The van der Waals surface area contributed by atoms with Crippen LogP contribution in [-0.2, 0) is 6.54 Å². The number of hydrogen-bond acceptors (Lipinski definition) is 2. The lowest BCUT2D eigenvalue weighted by atomic mass is 10.2. The monoisotopic (exact) mass is 234 g/mol. The second-order valence-electron chi connectivity index (χ2n) is 4.95. The third-order valence-electron chi connectivity index (χ3n) is 2.85. The topological polar surface area (TPSA) is 15.3 Å². The van der Waals surface area contributed by atoms with E-state index in [1.54, 1.807) is 0 Å². The minimum atomic E-state index is 0.754. The Balaban J connectivity index is 2.14. The summed E-state index contributed by atoms with van der Waals surface area (Å²) in [5, 5.41) is 3.50. The quantitative estimate of drug-likeness (QED) is 0.696.